The molecule has 2 saturated carbocycles. The van der Waals surface area contributed by atoms with Crippen molar-refractivity contribution in [2.45, 2.75) is 71.8 Å². The van der Waals surface area contributed by atoms with Gasteiger partial charge in [0, 0.05) is 23.5 Å². The van der Waals surface area contributed by atoms with Crippen molar-refractivity contribution in [3.05, 3.63) is 36.4 Å². The van der Waals surface area contributed by atoms with Gasteiger partial charge in [-0.25, -0.2) is 4.98 Å². The van der Waals surface area contributed by atoms with Crippen LogP contribution in [-0.4, -0.2) is 20.8 Å². The third-order valence-corrected chi connectivity index (χ3v) is 9.04. The zero-order valence-corrected chi connectivity index (χ0v) is 17.1. The van der Waals surface area contributed by atoms with Crippen LogP contribution in [-0.2, 0) is 0 Å². The molecule has 3 heteroatoms. The maximum Gasteiger partial charge on any atom is 0.0989 e. The number of aromatic nitrogens is 2. The minimum Gasteiger partial charge on any atom is -0.393 e. The summed E-state index contributed by atoms with van der Waals surface area (Å²) >= 11 is 0. The first kappa shape index (κ1) is 17.7. The Balaban J connectivity index is 1.54. The van der Waals surface area contributed by atoms with Crippen molar-refractivity contribution in [2.24, 2.45) is 34.5 Å². The summed E-state index contributed by atoms with van der Waals surface area (Å²) in [5.41, 5.74) is 3.65. The number of allylic oxidation sites excluding steroid dienone is 3. The molecule has 7 atom stereocenters. The van der Waals surface area contributed by atoms with Crippen LogP contribution in [0.25, 0.3) is 5.70 Å². The topological polar surface area (TPSA) is 38.0 Å². The lowest BCUT2D eigenvalue weighted by Gasteiger charge is -2.59. The molecule has 1 aromatic heterocycles. The highest BCUT2D eigenvalue weighted by Gasteiger charge is 2.58. The van der Waals surface area contributed by atoms with Crippen molar-refractivity contribution in [1.29, 1.82) is 0 Å². The van der Waals surface area contributed by atoms with Crippen LogP contribution in [0.15, 0.2) is 36.4 Å². The second-order valence-electron chi connectivity index (χ2n) is 10.1. The molecule has 0 bridgehead atoms. The van der Waals surface area contributed by atoms with Gasteiger partial charge >= 0.3 is 0 Å². The minimum atomic E-state index is -0.117. The van der Waals surface area contributed by atoms with Crippen molar-refractivity contribution in [2.75, 3.05) is 0 Å². The lowest BCUT2D eigenvalue weighted by molar-refractivity contribution is -0.0475. The third-order valence-electron chi connectivity index (χ3n) is 9.04. The van der Waals surface area contributed by atoms with E-state index in [4.69, 9.17) is 0 Å². The van der Waals surface area contributed by atoms with Crippen LogP contribution in [0.3, 0.4) is 0 Å². The largest absolute Gasteiger partial charge is 0.393 e. The van der Waals surface area contributed by atoms with Gasteiger partial charge in [0.1, 0.15) is 0 Å². The van der Waals surface area contributed by atoms with Crippen molar-refractivity contribution in [1.82, 2.24) is 9.55 Å². The Bertz CT molecular complexity index is 778. The summed E-state index contributed by atoms with van der Waals surface area (Å²) in [5, 5.41) is 10.3. The Morgan fingerprint density at radius 2 is 2.00 bits per heavy atom. The van der Waals surface area contributed by atoms with Crippen molar-refractivity contribution in [3.8, 4) is 0 Å². The fourth-order valence-corrected chi connectivity index (χ4v) is 7.54. The minimum absolute atomic E-state index is 0.117. The number of fused-ring (bicyclic) bond motifs is 5. The predicted molar refractivity (Wildman–Crippen MR) is 109 cm³/mol. The Labute approximate surface area is 163 Å². The molecule has 4 aliphatic carbocycles. The van der Waals surface area contributed by atoms with Gasteiger partial charge in [0.25, 0.3) is 0 Å². The lowest BCUT2D eigenvalue weighted by atomic mass is 9.45. The van der Waals surface area contributed by atoms with Crippen molar-refractivity contribution < 1.29 is 5.11 Å². The van der Waals surface area contributed by atoms with Gasteiger partial charge in [-0.1, -0.05) is 38.5 Å². The molecule has 1 N–H and O–H groups in total. The molecule has 1 heterocycles. The normalized spacial score (nSPS) is 46.1. The smallest absolute Gasteiger partial charge is 0.0989 e. The fourth-order valence-electron chi connectivity index (χ4n) is 7.54. The van der Waals surface area contributed by atoms with E-state index < -0.39 is 0 Å². The molecule has 4 aliphatic rings. The average Bonchev–Trinajstić information content (AvgIpc) is 3.28. The highest BCUT2D eigenvalue weighted by molar-refractivity contribution is 5.57. The van der Waals surface area contributed by atoms with Crippen LogP contribution in [0.1, 0.15) is 65.7 Å². The molecule has 0 aromatic carbocycles. The lowest BCUT2D eigenvalue weighted by Crippen LogP contribution is -2.52. The Morgan fingerprint density at radius 3 is 2.74 bits per heavy atom. The van der Waals surface area contributed by atoms with E-state index >= 15 is 0 Å². The van der Waals surface area contributed by atoms with Crippen LogP contribution in [0.5, 0.6) is 0 Å². The first-order chi connectivity index (χ1) is 13.0. The van der Waals surface area contributed by atoms with Crippen molar-refractivity contribution >= 4 is 5.70 Å². The summed E-state index contributed by atoms with van der Waals surface area (Å²) in [6.07, 6.45) is 19.1. The number of hydrogen-bond donors (Lipinski definition) is 1. The van der Waals surface area contributed by atoms with Gasteiger partial charge in [0.15, 0.2) is 0 Å². The fraction of sp³-hybridized carbons (Fsp3) is 0.708. The van der Waals surface area contributed by atoms with Crippen LogP contribution in [0.4, 0.5) is 0 Å². The van der Waals surface area contributed by atoms with Gasteiger partial charge in [-0.05, 0) is 74.0 Å². The predicted octanol–water partition coefficient (Wildman–Crippen LogP) is 5.29. The first-order valence-corrected chi connectivity index (χ1v) is 11.1. The molecule has 27 heavy (non-hydrogen) atoms. The van der Waals surface area contributed by atoms with E-state index in [1.807, 2.05) is 12.5 Å². The van der Waals surface area contributed by atoms with Crippen LogP contribution >= 0.6 is 0 Å². The SMILES string of the molecule is CC[C@@H]1C=C2C[C@@H](O)CC[C@]2(C)[C@H]2CC[C@]3(C)C(n4ccnc4)=CC[C@H]3[C@H]12. The van der Waals surface area contributed by atoms with Gasteiger partial charge in [0.2, 0.25) is 0 Å². The number of aliphatic hydroxyl groups excluding tert-OH is 1. The second kappa shape index (κ2) is 6.07. The molecule has 0 amide bonds. The van der Waals surface area contributed by atoms with E-state index in [-0.39, 0.29) is 11.5 Å². The summed E-state index contributed by atoms with van der Waals surface area (Å²) < 4.78 is 2.27. The highest BCUT2D eigenvalue weighted by Crippen LogP contribution is 2.67. The molecule has 0 spiro atoms. The molecular weight excluding hydrogens is 332 g/mol. The van der Waals surface area contributed by atoms with Gasteiger partial charge in [-0.15, -0.1) is 0 Å². The van der Waals surface area contributed by atoms with Gasteiger partial charge < -0.3 is 9.67 Å². The Hall–Kier alpha value is -1.35. The summed E-state index contributed by atoms with van der Waals surface area (Å²) in [5.74, 6) is 2.96. The molecule has 0 radical (unpaired) electrons. The molecule has 0 aliphatic heterocycles. The quantitative estimate of drug-likeness (QED) is 0.722. The van der Waals surface area contributed by atoms with E-state index in [1.165, 1.54) is 37.8 Å². The molecule has 2 fully saturated rings. The van der Waals surface area contributed by atoms with E-state index in [1.54, 1.807) is 5.57 Å². The number of aliphatic hydroxyl groups is 1. The number of hydrogen-bond acceptors (Lipinski definition) is 2. The summed E-state index contributed by atoms with van der Waals surface area (Å²) in [6.45, 7) is 7.41. The molecule has 146 valence electrons. The Kier molecular flexibility index (Phi) is 3.99. The molecule has 0 saturated heterocycles. The summed E-state index contributed by atoms with van der Waals surface area (Å²) in [4.78, 5) is 4.31. The van der Waals surface area contributed by atoms with Gasteiger partial charge in [-0.2, -0.15) is 0 Å². The number of imidazole rings is 1. The van der Waals surface area contributed by atoms with Gasteiger partial charge in [-0.3, -0.25) is 0 Å². The average molecular weight is 367 g/mol. The first-order valence-electron chi connectivity index (χ1n) is 11.1. The highest BCUT2D eigenvalue weighted by atomic mass is 16.3. The van der Waals surface area contributed by atoms with Crippen LogP contribution in [0, 0.1) is 34.5 Å². The molecule has 0 unspecified atom stereocenters. The zero-order chi connectivity index (χ0) is 18.8. The van der Waals surface area contributed by atoms with Crippen molar-refractivity contribution in [3.63, 3.8) is 0 Å². The molecule has 3 nitrogen and oxygen atoms in total. The number of nitrogens with zero attached hydrogens (tertiary/aromatic N) is 2. The zero-order valence-electron chi connectivity index (χ0n) is 17.1. The summed E-state index contributed by atoms with van der Waals surface area (Å²) in [7, 11) is 0. The second-order valence-corrected chi connectivity index (χ2v) is 10.1. The maximum atomic E-state index is 10.3. The number of rotatable bonds is 2. The van der Waals surface area contributed by atoms with Gasteiger partial charge in [0.05, 0.1) is 12.4 Å². The standard InChI is InChI=1S/C24H34N2O/c1-4-16-13-17-14-18(27)7-9-23(17,2)20-8-10-24(3)19(22(16)20)5-6-21(24)26-12-11-25-15-26/h6,11-13,15-16,18-20,22,27H,4-5,7-10,14H2,1-3H3/t16-,18+,19+,20+,22+,23+,24+/m1/s1. The van der Waals surface area contributed by atoms with E-state index in [9.17, 15) is 5.11 Å². The molecule has 1 aromatic rings. The third kappa shape index (κ3) is 2.40. The van der Waals surface area contributed by atoms with E-state index in [2.05, 4.69) is 48.7 Å². The Morgan fingerprint density at radius 1 is 1.19 bits per heavy atom. The molecular formula is C24H34N2O. The van der Waals surface area contributed by atoms with Crippen LogP contribution in [0.2, 0.25) is 0 Å². The maximum absolute atomic E-state index is 10.3. The monoisotopic (exact) mass is 366 g/mol. The van der Waals surface area contributed by atoms with E-state index in [0.717, 1.165) is 30.6 Å². The molecule has 5 rings (SSSR count). The van der Waals surface area contributed by atoms with Crippen LogP contribution < -0.4 is 0 Å². The summed E-state index contributed by atoms with van der Waals surface area (Å²) in [6, 6.07) is 0. The van der Waals surface area contributed by atoms with E-state index in [0.29, 0.717) is 11.3 Å².